The van der Waals surface area contributed by atoms with Gasteiger partial charge in [0.2, 0.25) is 0 Å². The third-order valence-corrected chi connectivity index (χ3v) is 2.82. The smallest absolute Gasteiger partial charge is 0.259 e. The van der Waals surface area contributed by atoms with Crippen LogP contribution in [0.25, 0.3) is 0 Å². The number of carbonyl (C=O) groups is 1. The Morgan fingerprint density at radius 3 is 2.88 bits per heavy atom. The number of benzene rings is 1. The first-order chi connectivity index (χ1) is 8.25. The van der Waals surface area contributed by atoms with Crippen LogP contribution < -0.4 is 10.6 Å². The quantitative estimate of drug-likeness (QED) is 0.724. The maximum absolute atomic E-state index is 12.0. The van der Waals surface area contributed by atoms with Crippen LogP contribution in [0.4, 0.5) is 17.2 Å². The van der Waals surface area contributed by atoms with Crippen molar-refractivity contribution in [2.24, 2.45) is 0 Å². The second-order valence-corrected chi connectivity index (χ2v) is 3.98. The number of hydrogen-bond donors (Lipinski definition) is 2. The third kappa shape index (κ3) is 1.54. The fourth-order valence-corrected chi connectivity index (χ4v) is 1.93. The van der Waals surface area contributed by atoms with Crippen molar-refractivity contribution in [2.75, 3.05) is 10.6 Å². The van der Waals surface area contributed by atoms with E-state index in [1.54, 1.807) is 18.3 Å². The molecule has 0 aliphatic carbocycles. The Bertz CT molecular complexity index is 607. The summed E-state index contributed by atoms with van der Waals surface area (Å²) in [7, 11) is 0. The molecule has 1 aliphatic rings. The number of para-hydroxylation sites is 1. The minimum Gasteiger partial charge on any atom is -0.338 e. The molecular weight excluding hydrogens is 214 g/mol. The van der Waals surface area contributed by atoms with Gasteiger partial charge in [-0.3, -0.25) is 4.79 Å². The van der Waals surface area contributed by atoms with E-state index in [4.69, 9.17) is 0 Å². The molecule has 0 radical (unpaired) electrons. The fraction of sp³-hybridized carbons (Fsp3) is 0.0769. The number of amides is 1. The van der Waals surface area contributed by atoms with E-state index in [2.05, 4.69) is 15.6 Å². The summed E-state index contributed by atoms with van der Waals surface area (Å²) in [5.41, 5.74) is 3.27. The molecule has 1 aromatic carbocycles. The van der Waals surface area contributed by atoms with Crippen LogP contribution in [-0.4, -0.2) is 10.9 Å². The molecule has 2 N–H and O–H groups in total. The highest BCUT2D eigenvalue weighted by Crippen LogP contribution is 2.32. The average molecular weight is 225 g/mol. The predicted octanol–water partition coefficient (Wildman–Crippen LogP) is 2.70. The molecule has 0 atom stereocenters. The first-order valence-electron chi connectivity index (χ1n) is 5.39. The lowest BCUT2D eigenvalue weighted by Crippen LogP contribution is -2.11. The van der Waals surface area contributed by atoms with Gasteiger partial charge in [0.1, 0.15) is 5.82 Å². The van der Waals surface area contributed by atoms with Crippen LogP contribution in [0.2, 0.25) is 0 Å². The lowest BCUT2D eigenvalue weighted by molar-refractivity contribution is 0.102. The molecule has 4 nitrogen and oxygen atoms in total. The fourth-order valence-electron chi connectivity index (χ4n) is 1.93. The van der Waals surface area contributed by atoms with Gasteiger partial charge in [0, 0.05) is 6.20 Å². The summed E-state index contributed by atoms with van der Waals surface area (Å²) in [6.45, 7) is 1.96. The van der Waals surface area contributed by atoms with Crippen molar-refractivity contribution < 1.29 is 4.79 Å². The summed E-state index contributed by atoms with van der Waals surface area (Å²) in [5.74, 6) is 0.461. The van der Waals surface area contributed by atoms with Gasteiger partial charge in [-0.05, 0) is 30.7 Å². The lowest BCUT2D eigenvalue weighted by atomic mass is 10.1. The summed E-state index contributed by atoms with van der Waals surface area (Å²) in [5, 5.41) is 6.09. The molecule has 0 fully saturated rings. The molecule has 0 saturated carbocycles. The van der Waals surface area contributed by atoms with Gasteiger partial charge < -0.3 is 10.6 Å². The van der Waals surface area contributed by atoms with E-state index in [-0.39, 0.29) is 5.91 Å². The van der Waals surface area contributed by atoms with E-state index in [1.165, 1.54) is 0 Å². The number of fused-ring (bicyclic) bond motifs is 2. The van der Waals surface area contributed by atoms with Crippen LogP contribution in [0.5, 0.6) is 0 Å². The average Bonchev–Trinajstić information content (AvgIpc) is 2.47. The maximum atomic E-state index is 12.0. The number of pyridine rings is 1. The topological polar surface area (TPSA) is 54.0 Å². The lowest BCUT2D eigenvalue weighted by Gasteiger charge is -2.09. The molecular formula is C13H11N3O. The van der Waals surface area contributed by atoms with Crippen molar-refractivity contribution in [3.63, 3.8) is 0 Å². The summed E-state index contributed by atoms with van der Waals surface area (Å²) < 4.78 is 0. The van der Waals surface area contributed by atoms with Gasteiger partial charge in [-0.15, -0.1) is 0 Å². The van der Waals surface area contributed by atoms with Crippen LogP contribution in [0.3, 0.4) is 0 Å². The number of anilines is 3. The normalized spacial score (nSPS) is 12.9. The molecule has 17 heavy (non-hydrogen) atoms. The molecule has 2 aromatic rings. The summed E-state index contributed by atoms with van der Waals surface area (Å²) >= 11 is 0. The summed E-state index contributed by atoms with van der Waals surface area (Å²) in [4.78, 5) is 16.2. The van der Waals surface area contributed by atoms with E-state index in [1.807, 2.05) is 25.1 Å². The Kier molecular flexibility index (Phi) is 2.08. The zero-order valence-corrected chi connectivity index (χ0v) is 9.32. The van der Waals surface area contributed by atoms with E-state index < -0.39 is 0 Å². The number of nitrogens with one attached hydrogen (secondary N) is 2. The molecule has 0 saturated heterocycles. The third-order valence-electron chi connectivity index (χ3n) is 2.82. The Hall–Kier alpha value is -2.36. The number of nitrogens with zero attached hydrogens (tertiary/aromatic N) is 1. The van der Waals surface area contributed by atoms with Crippen molar-refractivity contribution in [3.05, 3.63) is 47.7 Å². The number of aryl methyl sites for hydroxylation is 1. The maximum Gasteiger partial charge on any atom is 0.259 e. The largest absolute Gasteiger partial charge is 0.338 e. The van der Waals surface area contributed by atoms with Crippen molar-refractivity contribution in [1.29, 1.82) is 0 Å². The van der Waals surface area contributed by atoms with E-state index in [9.17, 15) is 4.79 Å². The number of hydrogen-bond acceptors (Lipinski definition) is 3. The molecule has 4 heteroatoms. The zero-order chi connectivity index (χ0) is 11.8. The minimum absolute atomic E-state index is 0.131. The first kappa shape index (κ1) is 9.84. The number of rotatable bonds is 0. The molecule has 2 heterocycles. The predicted molar refractivity (Wildman–Crippen MR) is 66.7 cm³/mol. The van der Waals surface area contributed by atoms with Crippen LogP contribution in [-0.2, 0) is 0 Å². The molecule has 0 spiro atoms. The van der Waals surface area contributed by atoms with Gasteiger partial charge in [-0.25, -0.2) is 4.98 Å². The number of aromatic nitrogens is 1. The van der Waals surface area contributed by atoms with Gasteiger partial charge >= 0.3 is 0 Å². The van der Waals surface area contributed by atoms with Crippen LogP contribution >= 0.6 is 0 Å². The second-order valence-electron chi connectivity index (χ2n) is 3.98. The highest BCUT2D eigenvalue weighted by atomic mass is 16.1. The molecule has 1 amide bonds. The molecule has 84 valence electrons. The minimum atomic E-state index is -0.131. The Labute approximate surface area is 98.7 Å². The van der Waals surface area contributed by atoms with Crippen LogP contribution in [0.15, 0.2) is 36.5 Å². The summed E-state index contributed by atoms with van der Waals surface area (Å²) in [6.07, 6.45) is 1.67. The first-order valence-corrected chi connectivity index (χ1v) is 5.39. The Balaban J connectivity index is 2.20. The van der Waals surface area contributed by atoms with E-state index in [0.717, 1.165) is 16.9 Å². The van der Waals surface area contributed by atoms with Gasteiger partial charge in [-0.1, -0.05) is 12.1 Å². The van der Waals surface area contributed by atoms with Crippen molar-refractivity contribution in [2.45, 2.75) is 6.92 Å². The highest BCUT2D eigenvalue weighted by molar-refractivity contribution is 6.11. The Morgan fingerprint density at radius 1 is 1.12 bits per heavy atom. The van der Waals surface area contributed by atoms with E-state index in [0.29, 0.717) is 11.4 Å². The van der Waals surface area contributed by atoms with Gasteiger partial charge in [0.25, 0.3) is 5.91 Å². The number of carbonyl (C=O) groups excluding carboxylic acids is 1. The van der Waals surface area contributed by atoms with Gasteiger partial charge in [-0.2, -0.15) is 0 Å². The summed E-state index contributed by atoms with van der Waals surface area (Å²) in [6, 6.07) is 9.34. The zero-order valence-electron chi connectivity index (χ0n) is 9.32. The van der Waals surface area contributed by atoms with Gasteiger partial charge in [0.15, 0.2) is 0 Å². The molecule has 1 aliphatic heterocycles. The van der Waals surface area contributed by atoms with Gasteiger partial charge in [0.05, 0.1) is 16.9 Å². The highest BCUT2D eigenvalue weighted by Gasteiger charge is 2.20. The SMILES string of the molecule is Cc1cccc2c1NC(=O)c1cccnc1N2. The van der Waals surface area contributed by atoms with Crippen molar-refractivity contribution in [1.82, 2.24) is 4.98 Å². The van der Waals surface area contributed by atoms with Crippen molar-refractivity contribution >= 4 is 23.1 Å². The molecule has 1 aromatic heterocycles. The monoisotopic (exact) mass is 225 g/mol. The molecule has 0 bridgehead atoms. The molecule has 3 rings (SSSR count). The standard InChI is InChI=1S/C13H11N3O/c1-8-4-2-6-10-11(8)16-13(17)9-5-3-7-14-12(9)15-10/h2-7H,1H3,(H,14,15)(H,16,17). The van der Waals surface area contributed by atoms with E-state index >= 15 is 0 Å². The Morgan fingerprint density at radius 2 is 2.00 bits per heavy atom. The van der Waals surface area contributed by atoms with Crippen LogP contribution in [0.1, 0.15) is 15.9 Å². The van der Waals surface area contributed by atoms with Crippen molar-refractivity contribution in [3.8, 4) is 0 Å². The second kappa shape index (κ2) is 3.59. The molecule has 0 unspecified atom stereocenters. The van der Waals surface area contributed by atoms with Crippen LogP contribution in [0, 0.1) is 6.92 Å².